The Labute approximate surface area is 160 Å². The minimum atomic E-state index is -0.891. The molecule has 1 saturated heterocycles. The molecule has 1 aromatic rings. The van der Waals surface area contributed by atoms with Crippen molar-refractivity contribution in [2.45, 2.75) is 6.10 Å². The van der Waals surface area contributed by atoms with Crippen LogP contribution in [0.3, 0.4) is 0 Å². The van der Waals surface area contributed by atoms with Crippen LogP contribution in [0.25, 0.3) is 5.41 Å². The molecule has 23 heavy (non-hydrogen) atoms. The van der Waals surface area contributed by atoms with Gasteiger partial charge in [0.1, 0.15) is 17.7 Å². The van der Waals surface area contributed by atoms with E-state index in [1.807, 2.05) is 6.66 Å². The van der Waals surface area contributed by atoms with Gasteiger partial charge in [-0.15, -0.1) is 14.9 Å². The van der Waals surface area contributed by atoms with Crippen molar-refractivity contribution < 1.29 is 51.0 Å². The first-order valence-electron chi connectivity index (χ1n) is 6.67. The van der Waals surface area contributed by atoms with Gasteiger partial charge in [0, 0.05) is 44.6 Å². The maximum absolute atomic E-state index is 14.1. The Morgan fingerprint density at radius 2 is 2.13 bits per heavy atom. The van der Waals surface area contributed by atoms with Gasteiger partial charge < -0.3 is 22.0 Å². The second-order valence-corrected chi connectivity index (χ2v) is 5.86. The molecule has 2 atom stereocenters. The zero-order valence-electron chi connectivity index (χ0n) is 12.6. The van der Waals surface area contributed by atoms with Crippen LogP contribution in [-0.4, -0.2) is 44.5 Å². The average molecular weight is 416 g/mol. The van der Waals surface area contributed by atoms with Crippen molar-refractivity contribution in [3.05, 3.63) is 36.1 Å². The summed E-state index contributed by atoms with van der Waals surface area (Å²) in [4.78, 5) is 13.9. The molecule has 1 heterocycles. The average Bonchev–Trinajstić information content (AvgIpc) is 2.84. The molecule has 0 N–H and O–H groups in total. The summed E-state index contributed by atoms with van der Waals surface area (Å²) in [6, 6.07) is 2.09. The van der Waals surface area contributed by atoms with Crippen molar-refractivity contribution in [2.24, 2.45) is 0 Å². The van der Waals surface area contributed by atoms with E-state index >= 15 is 0 Å². The summed E-state index contributed by atoms with van der Waals surface area (Å²) in [6.45, 7) is 5.69. The Morgan fingerprint density at radius 1 is 1.52 bits per heavy atom. The molecular weight excluding hydrogens is 400 g/mol. The van der Waals surface area contributed by atoms with Gasteiger partial charge >= 0.3 is 6.09 Å². The fourth-order valence-corrected chi connectivity index (χ4v) is 2.94. The fraction of sp³-hybridized carbons (Fsp3) is 0.357. The van der Waals surface area contributed by atoms with E-state index < -0.39 is 23.4 Å². The number of anilines is 2. The van der Waals surface area contributed by atoms with E-state index in [2.05, 4.69) is 6.92 Å². The maximum atomic E-state index is 14.1. The van der Waals surface area contributed by atoms with Crippen molar-refractivity contribution in [1.29, 1.82) is 0 Å². The van der Waals surface area contributed by atoms with Crippen LogP contribution >= 0.6 is 8.58 Å². The van der Waals surface area contributed by atoms with E-state index in [1.54, 1.807) is 0 Å². The predicted octanol–water partition coefficient (Wildman–Crippen LogP) is 2.83. The molecular formula is C14H16F2N3O2PY-2. The largest absolute Gasteiger partial charge is 0.475 e. The smallest absolute Gasteiger partial charge is 0.414 e. The number of hydrogen-bond acceptors (Lipinski definition) is 2. The molecule has 2 rings (SSSR count). The fourth-order valence-electron chi connectivity index (χ4n) is 2.28. The van der Waals surface area contributed by atoms with Gasteiger partial charge in [-0.05, 0) is 18.8 Å². The van der Waals surface area contributed by atoms with Crippen LogP contribution in [0.5, 0.6) is 0 Å². The standard InChI is InChI=1S/C14H16F2N3O2P.Y/c1-3-18(8-17)13-11(15)4-9(5-12(13)16)19-6-10(7-22-2)21-14(19)20;/h4-5,8,10,22H,1,3,6-7H2,2H3;/q-2;/t10-;/m1./s1. The molecule has 1 aliphatic rings. The monoisotopic (exact) mass is 416 g/mol. The van der Waals surface area contributed by atoms with E-state index in [9.17, 15) is 13.6 Å². The number of carbonyl (C=O) groups excluding carboxylic acids is 1. The van der Waals surface area contributed by atoms with Gasteiger partial charge in [-0.2, -0.15) is 6.54 Å². The SMILES string of the molecule is [CH2-]CN(C=[N-])c1c(F)cc(N2C[C@H](CPC)OC2=O)cc1F.[Y]. The molecule has 123 valence electrons. The zero-order valence-corrected chi connectivity index (χ0v) is 16.5. The number of amides is 1. The number of carbonyl (C=O) groups is 1. The van der Waals surface area contributed by atoms with Crippen LogP contribution in [0.15, 0.2) is 12.1 Å². The minimum Gasteiger partial charge on any atom is -0.475 e. The summed E-state index contributed by atoms with van der Waals surface area (Å²) in [5, 5.41) is 8.99. The molecule has 1 fully saturated rings. The van der Waals surface area contributed by atoms with Crippen LogP contribution in [0.2, 0.25) is 0 Å². The van der Waals surface area contributed by atoms with Crippen molar-refractivity contribution in [1.82, 2.24) is 0 Å². The molecule has 1 amide bonds. The van der Waals surface area contributed by atoms with Crippen LogP contribution in [0.1, 0.15) is 0 Å². The third kappa shape index (κ3) is 4.46. The summed E-state index contributed by atoms with van der Waals surface area (Å²) in [7, 11) is 0.621. The van der Waals surface area contributed by atoms with E-state index in [4.69, 9.17) is 10.1 Å². The van der Waals surface area contributed by atoms with Gasteiger partial charge in [-0.25, -0.2) is 13.6 Å². The number of rotatable bonds is 6. The van der Waals surface area contributed by atoms with E-state index in [1.165, 1.54) is 4.90 Å². The van der Waals surface area contributed by atoms with E-state index in [0.717, 1.165) is 23.2 Å². The van der Waals surface area contributed by atoms with Crippen LogP contribution in [0, 0.1) is 18.6 Å². The van der Waals surface area contributed by atoms with Crippen molar-refractivity contribution >= 4 is 32.4 Å². The third-order valence-corrected chi connectivity index (χ3v) is 4.15. The predicted molar refractivity (Wildman–Crippen MR) is 85.2 cm³/mol. The topological polar surface area (TPSA) is 55.1 Å². The maximum Gasteiger partial charge on any atom is 0.414 e. The first kappa shape index (κ1) is 20.4. The molecule has 5 nitrogen and oxygen atoms in total. The Hall–Kier alpha value is -0.646. The van der Waals surface area contributed by atoms with Gasteiger partial charge in [-0.3, -0.25) is 4.90 Å². The van der Waals surface area contributed by atoms with Crippen molar-refractivity contribution in [2.75, 3.05) is 35.7 Å². The number of benzene rings is 1. The van der Waals surface area contributed by atoms with E-state index in [0.29, 0.717) is 14.9 Å². The second kappa shape index (κ2) is 9.00. The van der Waals surface area contributed by atoms with Gasteiger partial charge in [0.25, 0.3) is 0 Å². The summed E-state index contributed by atoms with van der Waals surface area (Å²) >= 11 is 0. The van der Waals surface area contributed by atoms with Gasteiger partial charge in [0.05, 0.1) is 12.2 Å². The summed E-state index contributed by atoms with van der Waals surface area (Å²) in [6.07, 6.45) is 0.401. The van der Waals surface area contributed by atoms with Crippen molar-refractivity contribution in [3.63, 3.8) is 0 Å². The number of cyclic esters (lactones) is 1. The number of halogens is 2. The van der Waals surface area contributed by atoms with Gasteiger partial charge in [0.2, 0.25) is 0 Å². The van der Waals surface area contributed by atoms with Crippen LogP contribution in [-0.2, 0) is 37.4 Å². The van der Waals surface area contributed by atoms with Crippen LogP contribution < -0.4 is 9.80 Å². The second-order valence-electron chi connectivity index (χ2n) is 4.74. The molecule has 0 bridgehead atoms. The van der Waals surface area contributed by atoms with E-state index in [-0.39, 0.29) is 57.6 Å². The van der Waals surface area contributed by atoms with Crippen molar-refractivity contribution in [3.8, 4) is 0 Å². The minimum absolute atomic E-state index is 0. The molecule has 1 unspecified atom stereocenters. The number of ether oxygens (including phenoxy) is 1. The molecule has 1 aromatic carbocycles. The summed E-state index contributed by atoms with van der Waals surface area (Å²) in [5.41, 5.74) is -0.326. The first-order chi connectivity index (χ1) is 10.5. The molecule has 1 radical (unpaired) electrons. The summed E-state index contributed by atoms with van der Waals surface area (Å²) in [5.74, 6) is -1.78. The molecule has 1 aliphatic heterocycles. The molecule has 0 aliphatic carbocycles. The molecule has 9 heteroatoms. The normalized spacial score (nSPS) is 17.3. The van der Waals surface area contributed by atoms with Crippen LogP contribution in [0.4, 0.5) is 25.0 Å². The Balaban J connectivity index is 0.00000264. The Morgan fingerprint density at radius 3 is 2.61 bits per heavy atom. The summed E-state index contributed by atoms with van der Waals surface area (Å²) < 4.78 is 33.4. The van der Waals surface area contributed by atoms with Gasteiger partial charge in [0.15, 0.2) is 0 Å². The third-order valence-electron chi connectivity index (χ3n) is 3.29. The number of hydrogen-bond donors (Lipinski definition) is 0. The first-order valence-corrected chi connectivity index (χ1v) is 8.37. The number of nitrogens with zero attached hydrogens (tertiary/aromatic N) is 3. The molecule has 0 spiro atoms. The quantitative estimate of drug-likeness (QED) is 0.310. The molecule has 0 saturated carbocycles. The molecule has 0 aromatic heterocycles. The van der Waals surface area contributed by atoms with Gasteiger partial charge in [-0.1, -0.05) is 0 Å². The Bertz CT molecular complexity index is 568. The zero-order chi connectivity index (χ0) is 16.3. The Kier molecular flexibility index (Phi) is 7.98.